The summed E-state index contributed by atoms with van der Waals surface area (Å²) in [6, 6.07) is 13.0. The van der Waals surface area contributed by atoms with Crippen molar-refractivity contribution in [3.63, 3.8) is 0 Å². The van der Waals surface area contributed by atoms with Crippen molar-refractivity contribution in [3.05, 3.63) is 53.7 Å². The molecule has 5 nitrogen and oxygen atoms in total. The number of benzene rings is 1. The standard InChI is InChI=1S/C16H12N4O/c1-2-12-4-3-9-18-14(12)15-19-16(21-20-15)13-7-5-11(10-17)6-8-13/h3-9H,2H2,1H3. The first-order valence-electron chi connectivity index (χ1n) is 6.60. The second-order valence-corrected chi connectivity index (χ2v) is 4.48. The van der Waals surface area contributed by atoms with E-state index in [9.17, 15) is 0 Å². The molecule has 0 saturated heterocycles. The smallest absolute Gasteiger partial charge is 0.258 e. The Balaban J connectivity index is 1.98. The van der Waals surface area contributed by atoms with E-state index in [0.29, 0.717) is 17.3 Å². The van der Waals surface area contributed by atoms with E-state index in [4.69, 9.17) is 9.78 Å². The van der Waals surface area contributed by atoms with E-state index < -0.39 is 0 Å². The molecule has 2 aromatic heterocycles. The Morgan fingerprint density at radius 2 is 2.00 bits per heavy atom. The van der Waals surface area contributed by atoms with Crippen LogP contribution < -0.4 is 0 Å². The Morgan fingerprint density at radius 1 is 1.19 bits per heavy atom. The van der Waals surface area contributed by atoms with Gasteiger partial charge in [0.05, 0.1) is 11.6 Å². The Morgan fingerprint density at radius 3 is 2.71 bits per heavy atom. The second-order valence-electron chi connectivity index (χ2n) is 4.48. The van der Waals surface area contributed by atoms with Crippen LogP contribution in [-0.2, 0) is 6.42 Å². The van der Waals surface area contributed by atoms with Gasteiger partial charge in [-0.05, 0) is 42.3 Å². The SMILES string of the molecule is CCc1cccnc1-c1noc(-c2ccc(C#N)cc2)n1. The molecule has 0 aliphatic carbocycles. The molecule has 0 bridgehead atoms. The molecule has 0 aliphatic heterocycles. The van der Waals surface area contributed by atoms with E-state index in [1.165, 1.54) is 0 Å². The number of nitriles is 1. The lowest BCUT2D eigenvalue weighted by molar-refractivity contribution is 0.432. The summed E-state index contributed by atoms with van der Waals surface area (Å²) in [5.41, 5.74) is 3.19. The number of aromatic nitrogens is 3. The fourth-order valence-corrected chi connectivity index (χ4v) is 2.05. The third-order valence-corrected chi connectivity index (χ3v) is 3.17. The van der Waals surface area contributed by atoms with Gasteiger partial charge in [0.2, 0.25) is 5.82 Å². The molecule has 0 radical (unpaired) electrons. The topological polar surface area (TPSA) is 75.6 Å². The van der Waals surface area contributed by atoms with Gasteiger partial charge in [0.25, 0.3) is 5.89 Å². The first-order valence-corrected chi connectivity index (χ1v) is 6.60. The van der Waals surface area contributed by atoms with Gasteiger partial charge in [0.1, 0.15) is 5.69 Å². The zero-order valence-corrected chi connectivity index (χ0v) is 11.4. The van der Waals surface area contributed by atoms with Crippen molar-refractivity contribution in [1.82, 2.24) is 15.1 Å². The average molecular weight is 276 g/mol. The maximum Gasteiger partial charge on any atom is 0.258 e. The lowest BCUT2D eigenvalue weighted by Gasteiger charge is -2.00. The summed E-state index contributed by atoms with van der Waals surface area (Å²) < 4.78 is 5.29. The number of hydrogen-bond donors (Lipinski definition) is 0. The molecule has 102 valence electrons. The van der Waals surface area contributed by atoms with Gasteiger partial charge in [0, 0.05) is 11.8 Å². The van der Waals surface area contributed by atoms with Crippen LogP contribution in [0, 0.1) is 11.3 Å². The molecule has 0 aliphatic rings. The summed E-state index contributed by atoms with van der Waals surface area (Å²) in [6.45, 7) is 2.06. The maximum absolute atomic E-state index is 8.80. The largest absolute Gasteiger partial charge is 0.334 e. The maximum atomic E-state index is 8.80. The molecular formula is C16H12N4O. The van der Waals surface area contributed by atoms with Crippen LogP contribution in [-0.4, -0.2) is 15.1 Å². The normalized spacial score (nSPS) is 10.3. The van der Waals surface area contributed by atoms with Gasteiger partial charge < -0.3 is 4.52 Å². The molecule has 5 heteroatoms. The van der Waals surface area contributed by atoms with Crippen LogP contribution in [0.5, 0.6) is 0 Å². The van der Waals surface area contributed by atoms with Gasteiger partial charge in [-0.25, -0.2) is 0 Å². The quantitative estimate of drug-likeness (QED) is 0.734. The zero-order valence-electron chi connectivity index (χ0n) is 11.4. The van der Waals surface area contributed by atoms with Crippen molar-refractivity contribution in [2.24, 2.45) is 0 Å². The van der Waals surface area contributed by atoms with Crippen LogP contribution in [0.15, 0.2) is 47.1 Å². The second kappa shape index (κ2) is 5.55. The fourth-order valence-electron chi connectivity index (χ4n) is 2.05. The predicted molar refractivity (Wildman–Crippen MR) is 77.1 cm³/mol. The minimum atomic E-state index is 0.419. The van der Waals surface area contributed by atoms with Crippen molar-refractivity contribution in [3.8, 4) is 29.0 Å². The molecule has 0 atom stereocenters. The van der Waals surface area contributed by atoms with Crippen molar-refractivity contribution >= 4 is 0 Å². The molecule has 0 N–H and O–H groups in total. The van der Waals surface area contributed by atoms with Crippen molar-refractivity contribution in [1.29, 1.82) is 5.26 Å². The summed E-state index contributed by atoms with van der Waals surface area (Å²) in [5.74, 6) is 0.897. The molecule has 3 rings (SSSR count). The lowest BCUT2D eigenvalue weighted by atomic mass is 10.1. The van der Waals surface area contributed by atoms with Crippen LogP contribution in [0.25, 0.3) is 23.0 Å². The summed E-state index contributed by atoms with van der Waals surface area (Å²) in [5, 5.41) is 12.8. The van der Waals surface area contributed by atoms with Crippen molar-refractivity contribution < 1.29 is 4.52 Å². The number of hydrogen-bond acceptors (Lipinski definition) is 5. The van der Waals surface area contributed by atoms with Gasteiger partial charge in [-0.1, -0.05) is 18.1 Å². The Hall–Kier alpha value is -3.00. The van der Waals surface area contributed by atoms with Crippen LogP contribution in [0.3, 0.4) is 0 Å². The van der Waals surface area contributed by atoms with E-state index in [-0.39, 0.29) is 0 Å². The van der Waals surface area contributed by atoms with Crippen LogP contribution in [0.1, 0.15) is 18.1 Å². The van der Waals surface area contributed by atoms with Crippen LogP contribution in [0.2, 0.25) is 0 Å². The van der Waals surface area contributed by atoms with E-state index in [1.807, 2.05) is 12.1 Å². The van der Waals surface area contributed by atoms with Gasteiger partial charge in [-0.15, -0.1) is 0 Å². The van der Waals surface area contributed by atoms with Crippen LogP contribution in [0.4, 0.5) is 0 Å². The minimum absolute atomic E-state index is 0.419. The Labute approximate surface area is 121 Å². The van der Waals surface area contributed by atoms with E-state index >= 15 is 0 Å². The van der Waals surface area contributed by atoms with Gasteiger partial charge in [-0.3, -0.25) is 4.98 Å². The van der Waals surface area contributed by atoms with Gasteiger partial charge in [-0.2, -0.15) is 10.2 Å². The molecule has 0 saturated carbocycles. The fraction of sp³-hybridized carbons (Fsp3) is 0.125. The van der Waals surface area contributed by atoms with Gasteiger partial charge in [0.15, 0.2) is 0 Å². The number of aryl methyl sites for hydroxylation is 1. The van der Waals surface area contributed by atoms with Crippen molar-refractivity contribution in [2.45, 2.75) is 13.3 Å². The zero-order chi connectivity index (χ0) is 14.7. The van der Waals surface area contributed by atoms with E-state index in [2.05, 4.69) is 28.1 Å². The highest BCUT2D eigenvalue weighted by Crippen LogP contribution is 2.23. The van der Waals surface area contributed by atoms with Crippen LogP contribution >= 0.6 is 0 Å². The number of pyridine rings is 1. The molecular weight excluding hydrogens is 264 g/mol. The molecule has 0 fully saturated rings. The average Bonchev–Trinajstić information content (AvgIpc) is 3.04. The summed E-state index contributed by atoms with van der Waals surface area (Å²) in [6.07, 6.45) is 2.57. The first kappa shape index (κ1) is 13.0. The Bertz CT molecular complexity index is 800. The lowest BCUT2D eigenvalue weighted by Crippen LogP contribution is -1.92. The third kappa shape index (κ3) is 2.51. The van der Waals surface area contributed by atoms with E-state index in [0.717, 1.165) is 23.2 Å². The third-order valence-electron chi connectivity index (χ3n) is 3.17. The molecule has 3 aromatic rings. The minimum Gasteiger partial charge on any atom is -0.334 e. The summed E-state index contributed by atoms with van der Waals surface area (Å²) in [7, 11) is 0. The summed E-state index contributed by atoms with van der Waals surface area (Å²) in [4.78, 5) is 8.72. The molecule has 1 aromatic carbocycles. The van der Waals surface area contributed by atoms with Gasteiger partial charge >= 0.3 is 0 Å². The van der Waals surface area contributed by atoms with Crippen molar-refractivity contribution in [2.75, 3.05) is 0 Å². The monoisotopic (exact) mass is 276 g/mol. The molecule has 21 heavy (non-hydrogen) atoms. The first-order chi connectivity index (χ1) is 10.3. The molecule has 2 heterocycles. The highest BCUT2D eigenvalue weighted by atomic mass is 16.5. The highest BCUT2D eigenvalue weighted by Gasteiger charge is 2.14. The highest BCUT2D eigenvalue weighted by molar-refractivity contribution is 5.60. The Kier molecular flexibility index (Phi) is 3.44. The molecule has 0 amide bonds. The number of nitrogens with zero attached hydrogens (tertiary/aromatic N) is 4. The summed E-state index contributed by atoms with van der Waals surface area (Å²) >= 11 is 0. The van der Waals surface area contributed by atoms with E-state index in [1.54, 1.807) is 30.5 Å². The number of rotatable bonds is 3. The predicted octanol–water partition coefficient (Wildman–Crippen LogP) is 3.23. The molecule has 0 unspecified atom stereocenters. The molecule has 0 spiro atoms.